The quantitative estimate of drug-likeness (QED) is 0.505. The van der Waals surface area contributed by atoms with Crippen molar-refractivity contribution < 1.29 is 9.59 Å². The summed E-state index contributed by atoms with van der Waals surface area (Å²) in [5, 5.41) is 2.29. The molecule has 0 atom stereocenters. The van der Waals surface area contributed by atoms with E-state index in [9.17, 15) is 9.59 Å². The summed E-state index contributed by atoms with van der Waals surface area (Å²) in [7, 11) is 1.44. The van der Waals surface area contributed by atoms with Gasteiger partial charge in [-0.2, -0.15) is 0 Å². The summed E-state index contributed by atoms with van der Waals surface area (Å²) in [5.74, 6) is -1.08. The van der Waals surface area contributed by atoms with Crippen LogP contribution in [0, 0.1) is 3.57 Å². The predicted octanol–water partition coefficient (Wildman–Crippen LogP) is 1.22. The number of hydrogen-bond acceptors (Lipinski definition) is 2. The lowest BCUT2D eigenvalue weighted by Crippen LogP contribution is -2.27. The third-order valence-corrected chi connectivity index (χ3v) is 2.26. The second-order valence-corrected chi connectivity index (χ2v) is 3.66. The first-order valence-electron chi connectivity index (χ1n) is 3.67. The summed E-state index contributed by atoms with van der Waals surface area (Å²) in [4.78, 5) is 22.2. The molecule has 0 aliphatic carbocycles. The molecule has 1 rings (SSSR count). The van der Waals surface area contributed by atoms with E-state index in [1.165, 1.54) is 7.05 Å². The molecular weight excluding hydrogens is 281 g/mol. The molecule has 0 saturated heterocycles. The van der Waals surface area contributed by atoms with Crippen LogP contribution in [0.4, 0.5) is 0 Å². The first-order valence-corrected chi connectivity index (χ1v) is 4.75. The highest BCUT2D eigenvalue weighted by Crippen LogP contribution is 2.07. The Bertz CT molecular complexity index is 332. The van der Waals surface area contributed by atoms with Gasteiger partial charge in [-0.1, -0.05) is 0 Å². The van der Waals surface area contributed by atoms with E-state index in [-0.39, 0.29) is 0 Å². The maximum absolute atomic E-state index is 11.3. The minimum Gasteiger partial charge on any atom is -0.352 e. The molecule has 0 bridgehead atoms. The van der Waals surface area contributed by atoms with Gasteiger partial charge in [0.2, 0.25) is 5.78 Å². The molecular formula is C9H8INO2. The monoisotopic (exact) mass is 289 g/mol. The molecule has 0 fully saturated rings. The molecule has 0 radical (unpaired) electrons. The van der Waals surface area contributed by atoms with E-state index in [0.717, 1.165) is 3.57 Å². The summed E-state index contributed by atoms with van der Waals surface area (Å²) in [6.45, 7) is 0. The number of ketones is 1. The number of benzene rings is 1. The number of carbonyl (C=O) groups excluding carboxylic acids is 2. The number of nitrogens with one attached hydrogen (secondary N) is 1. The molecule has 0 aliphatic rings. The smallest absolute Gasteiger partial charge is 0.292 e. The fraction of sp³-hybridized carbons (Fsp3) is 0.111. The highest BCUT2D eigenvalue weighted by atomic mass is 127. The van der Waals surface area contributed by atoms with Gasteiger partial charge in [0, 0.05) is 16.2 Å². The number of hydrogen-bond donors (Lipinski definition) is 1. The Morgan fingerprint density at radius 2 is 1.77 bits per heavy atom. The molecule has 1 amide bonds. The van der Waals surface area contributed by atoms with Gasteiger partial charge in [-0.3, -0.25) is 9.59 Å². The lowest BCUT2D eigenvalue weighted by atomic mass is 10.1. The third kappa shape index (κ3) is 2.51. The second kappa shape index (κ2) is 4.36. The van der Waals surface area contributed by atoms with Gasteiger partial charge in [-0.15, -0.1) is 0 Å². The Morgan fingerprint density at radius 3 is 2.23 bits per heavy atom. The largest absolute Gasteiger partial charge is 0.352 e. The van der Waals surface area contributed by atoms with Gasteiger partial charge in [0.1, 0.15) is 0 Å². The Kier molecular flexibility index (Phi) is 3.41. The number of halogens is 1. The molecule has 1 aromatic carbocycles. The molecule has 0 unspecified atom stereocenters. The Morgan fingerprint density at radius 1 is 1.23 bits per heavy atom. The van der Waals surface area contributed by atoms with Crippen LogP contribution >= 0.6 is 22.6 Å². The van der Waals surface area contributed by atoms with Crippen molar-refractivity contribution in [3.05, 3.63) is 33.4 Å². The van der Waals surface area contributed by atoms with Crippen molar-refractivity contribution in [3.63, 3.8) is 0 Å². The van der Waals surface area contributed by atoms with Crippen molar-refractivity contribution >= 4 is 34.3 Å². The van der Waals surface area contributed by atoms with E-state index < -0.39 is 11.7 Å². The van der Waals surface area contributed by atoms with Gasteiger partial charge in [0.15, 0.2) is 0 Å². The van der Waals surface area contributed by atoms with E-state index >= 15 is 0 Å². The van der Waals surface area contributed by atoms with Crippen LogP contribution < -0.4 is 5.32 Å². The van der Waals surface area contributed by atoms with Crippen molar-refractivity contribution in [1.29, 1.82) is 0 Å². The van der Waals surface area contributed by atoms with Crippen LogP contribution in [0.15, 0.2) is 24.3 Å². The van der Waals surface area contributed by atoms with Crippen LogP contribution in [-0.2, 0) is 4.79 Å². The highest BCUT2D eigenvalue weighted by molar-refractivity contribution is 14.1. The molecule has 13 heavy (non-hydrogen) atoms. The van der Waals surface area contributed by atoms with Crippen molar-refractivity contribution in [1.82, 2.24) is 5.32 Å². The Balaban J connectivity index is 2.90. The molecule has 4 heteroatoms. The van der Waals surface area contributed by atoms with E-state index in [0.29, 0.717) is 5.56 Å². The van der Waals surface area contributed by atoms with Gasteiger partial charge in [0.25, 0.3) is 5.91 Å². The average Bonchev–Trinajstić information content (AvgIpc) is 2.17. The lowest BCUT2D eigenvalue weighted by molar-refractivity contribution is -0.116. The second-order valence-electron chi connectivity index (χ2n) is 2.42. The number of carbonyl (C=O) groups is 2. The van der Waals surface area contributed by atoms with Crippen molar-refractivity contribution in [2.75, 3.05) is 7.05 Å². The van der Waals surface area contributed by atoms with Crippen LogP contribution in [0.1, 0.15) is 10.4 Å². The normalized spacial score (nSPS) is 9.38. The summed E-state index contributed by atoms with van der Waals surface area (Å²) in [6, 6.07) is 6.85. The zero-order valence-corrected chi connectivity index (χ0v) is 9.16. The first-order chi connectivity index (χ1) is 6.15. The maximum Gasteiger partial charge on any atom is 0.292 e. The summed E-state index contributed by atoms with van der Waals surface area (Å²) < 4.78 is 1.03. The van der Waals surface area contributed by atoms with Crippen LogP contribution in [0.25, 0.3) is 0 Å². The zero-order chi connectivity index (χ0) is 9.84. The maximum atomic E-state index is 11.3. The first kappa shape index (κ1) is 10.2. The minimum atomic E-state index is -0.582. The molecule has 0 spiro atoms. The minimum absolute atomic E-state index is 0.416. The van der Waals surface area contributed by atoms with Crippen LogP contribution in [0.2, 0.25) is 0 Å². The molecule has 1 N–H and O–H groups in total. The predicted molar refractivity (Wildman–Crippen MR) is 57.6 cm³/mol. The van der Waals surface area contributed by atoms with Gasteiger partial charge in [-0.05, 0) is 46.9 Å². The van der Waals surface area contributed by atoms with E-state index in [4.69, 9.17) is 0 Å². The van der Waals surface area contributed by atoms with Crippen LogP contribution in [0.3, 0.4) is 0 Å². The fourth-order valence-electron chi connectivity index (χ4n) is 0.846. The standard InChI is InChI=1S/C9H8INO2/c1-11-9(13)8(12)6-2-4-7(10)5-3-6/h2-5H,1H3,(H,11,13). The summed E-state index contributed by atoms with van der Waals surface area (Å²) in [5.41, 5.74) is 0.416. The molecule has 68 valence electrons. The summed E-state index contributed by atoms with van der Waals surface area (Å²) in [6.07, 6.45) is 0. The molecule has 0 heterocycles. The lowest BCUT2D eigenvalue weighted by Gasteiger charge is -1.98. The molecule has 0 aromatic heterocycles. The van der Waals surface area contributed by atoms with Crippen molar-refractivity contribution in [2.45, 2.75) is 0 Å². The van der Waals surface area contributed by atoms with Gasteiger partial charge >= 0.3 is 0 Å². The number of rotatable bonds is 2. The Labute approximate surface area is 89.7 Å². The molecule has 0 aliphatic heterocycles. The van der Waals surface area contributed by atoms with E-state index in [1.807, 2.05) is 0 Å². The van der Waals surface area contributed by atoms with Gasteiger partial charge in [-0.25, -0.2) is 0 Å². The zero-order valence-electron chi connectivity index (χ0n) is 7.00. The van der Waals surface area contributed by atoms with Crippen LogP contribution in [0.5, 0.6) is 0 Å². The fourth-order valence-corrected chi connectivity index (χ4v) is 1.21. The number of Topliss-reactive ketones (excluding diaryl/α,β-unsaturated/α-hetero) is 1. The van der Waals surface area contributed by atoms with E-state index in [2.05, 4.69) is 27.9 Å². The third-order valence-electron chi connectivity index (χ3n) is 1.54. The molecule has 0 saturated carbocycles. The molecule has 1 aromatic rings. The van der Waals surface area contributed by atoms with Gasteiger partial charge in [0.05, 0.1) is 0 Å². The number of likely N-dealkylation sites (N-methyl/N-ethyl adjacent to an activating group) is 1. The topological polar surface area (TPSA) is 46.2 Å². The highest BCUT2D eigenvalue weighted by Gasteiger charge is 2.13. The van der Waals surface area contributed by atoms with Gasteiger partial charge < -0.3 is 5.32 Å². The number of amides is 1. The van der Waals surface area contributed by atoms with Crippen molar-refractivity contribution in [3.8, 4) is 0 Å². The Hall–Kier alpha value is -0.910. The summed E-state index contributed by atoms with van der Waals surface area (Å²) >= 11 is 2.13. The average molecular weight is 289 g/mol. The van der Waals surface area contributed by atoms with Crippen molar-refractivity contribution in [2.24, 2.45) is 0 Å². The molecule has 3 nitrogen and oxygen atoms in total. The SMILES string of the molecule is CNC(=O)C(=O)c1ccc(I)cc1. The van der Waals surface area contributed by atoms with E-state index in [1.54, 1.807) is 24.3 Å². The van der Waals surface area contributed by atoms with Crippen LogP contribution in [-0.4, -0.2) is 18.7 Å².